The van der Waals surface area contributed by atoms with E-state index in [-0.39, 0.29) is 17.0 Å². The summed E-state index contributed by atoms with van der Waals surface area (Å²) < 4.78 is 26.2. The minimum absolute atomic E-state index is 0.00539. The molecule has 5 heteroatoms. The lowest BCUT2D eigenvalue weighted by Gasteiger charge is -2.34. The van der Waals surface area contributed by atoms with Crippen LogP contribution in [-0.4, -0.2) is 37.4 Å². The third-order valence-electron chi connectivity index (χ3n) is 4.00. The average molecular weight is 316 g/mol. The molecule has 0 heterocycles. The molecule has 1 saturated carbocycles. The summed E-state index contributed by atoms with van der Waals surface area (Å²) in [5.41, 5.74) is 1.06. The Morgan fingerprint density at radius 2 is 1.90 bits per heavy atom. The number of benzene rings is 1. The fourth-order valence-electron chi connectivity index (χ4n) is 2.60. The Balaban J connectivity index is 1.93. The van der Waals surface area contributed by atoms with Crippen molar-refractivity contribution in [2.45, 2.75) is 31.1 Å². The maximum Gasteiger partial charge on any atom is 0.214 e. The van der Waals surface area contributed by atoms with Crippen molar-refractivity contribution in [3.05, 3.63) is 35.9 Å². The molecule has 1 atom stereocenters. The summed E-state index contributed by atoms with van der Waals surface area (Å²) in [6.45, 7) is 2.55. The van der Waals surface area contributed by atoms with Gasteiger partial charge in [-0.2, -0.15) is 0 Å². The van der Waals surface area contributed by atoms with Crippen molar-refractivity contribution in [3.63, 3.8) is 0 Å². The summed E-state index contributed by atoms with van der Waals surface area (Å²) >= 11 is 5.94. The van der Waals surface area contributed by atoms with Gasteiger partial charge < -0.3 is 0 Å². The molecule has 0 bridgehead atoms. The molecule has 0 aromatic heterocycles. The van der Waals surface area contributed by atoms with Gasteiger partial charge in [-0.15, -0.1) is 11.6 Å². The first-order valence-electron chi connectivity index (χ1n) is 7.01. The third kappa shape index (κ3) is 3.96. The first kappa shape index (κ1) is 15.8. The summed E-state index contributed by atoms with van der Waals surface area (Å²) in [4.78, 5) is 0. The second kappa shape index (κ2) is 6.46. The van der Waals surface area contributed by atoms with Gasteiger partial charge in [0.25, 0.3) is 0 Å². The van der Waals surface area contributed by atoms with Crippen LogP contribution >= 0.6 is 11.6 Å². The summed E-state index contributed by atoms with van der Waals surface area (Å²) in [7, 11) is -1.53. The van der Waals surface area contributed by atoms with Crippen molar-refractivity contribution in [2.75, 3.05) is 19.3 Å². The number of halogens is 1. The molecule has 112 valence electrons. The quantitative estimate of drug-likeness (QED) is 0.757. The number of nitrogens with zero attached hydrogens (tertiary/aromatic N) is 1. The van der Waals surface area contributed by atoms with Crippen LogP contribution < -0.4 is 0 Å². The fraction of sp³-hybridized carbons (Fsp3) is 0.600. The molecule has 3 nitrogen and oxygen atoms in total. The van der Waals surface area contributed by atoms with Crippen LogP contribution in [0.3, 0.4) is 0 Å². The monoisotopic (exact) mass is 315 g/mol. The molecule has 0 spiro atoms. The number of hydrogen-bond acceptors (Lipinski definition) is 2. The van der Waals surface area contributed by atoms with Crippen molar-refractivity contribution in [3.8, 4) is 0 Å². The second-order valence-corrected chi connectivity index (χ2v) is 8.54. The first-order chi connectivity index (χ1) is 9.38. The van der Waals surface area contributed by atoms with E-state index in [1.54, 1.807) is 7.05 Å². The molecule has 1 aromatic rings. The van der Waals surface area contributed by atoms with Gasteiger partial charge in [0.1, 0.15) is 0 Å². The van der Waals surface area contributed by atoms with Gasteiger partial charge in [0.15, 0.2) is 0 Å². The molecule has 1 unspecified atom stereocenters. The highest BCUT2D eigenvalue weighted by molar-refractivity contribution is 7.89. The predicted molar refractivity (Wildman–Crippen MR) is 83.6 cm³/mol. The van der Waals surface area contributed by atoms with E-state index >= 15 is 0 Å². The second-order valence-electron chi connectivity index (χ2n) is 5.81. The summed E-state index contributed by atoms with van der Waals surface area (Å²) in [5, 5.41) is 0.236. The van der Waals surface area contributed by atoms with Crippen molar-refractivity contribution < 1.29 is 8.42 Å². The van der Waals surface area contributed by atoms with Crippen LogP contribution in [0.2, 0.25) is 0 Å². The van der Waals surface area contributed by atoms with Gasteiger partial charge in [0.2, 0.25) is 10.0 Å². The van der Waals surface area contributed by atoms with Crippen LogP contribution in [0.4, 0.5) is 0 Å². The van der Waals surface area contributed by atoms with E-state index in [1.165, 1.54) is 4.31 Å². The Morgan fingerprint density at radius 1 is 1.30 bits per heavy atom. The van der Waals surface area contributed by atoms with Gasteiger partial charge in [0.05, 0.1) is 5.75 Å². The van der Waals surface area contributed by atoms with Gasteiger partial charge >= 0.3 is 0 Å². The van der Waals surface area contributed by atoms with Crippen LogP contribution in [0, 0.1) is 5.92 Å². The van der Waals surface area contributed by atoms with Crippen molar-refractivity contribution >= 4 is 21.6 Å². The highest BCUT2D eigenvalue weighted by Crippen LogP contribution is 2.33. The highest BCUT2D eigenvalue weighted by Gasteiger charge is 2.31. The number of sulfonamides is 1. The molecule has 1 aliphatic carbocycles. The van der Waals surface area contributed by atoms with Crippen molar-refractivity contribution in [1.29, 1.82) is 0 Å². The zero-order valence-corrected chi connectivity index (χ0v) is 13.6. The predicted octanol–water partition coefficient (Wildman–Crippen LogP) is 3.07. The molecular weight excluding hydrogens is 294 g/mol. The molecule has 0 saturated heterocycles. The first-order valence-corrected chi connectivity index (χ1v) is 9.06. The van der Waals surface area contributed by atoms with E-state index in [4.69, 9.17) is 11.6 Å². The van der Waals surface area contributed by atoms with Gasteiger partial charge in [-0.1, -0.05) is 37.3 Å². The van der Waals surface area contributed by atoms with E-state index < -0.39 is 10.0 Å². The smallest absolute Gasteiger partial charge is 0.212 e. The molecule has 1 fully saturated rings. The van der Waals surface area contributed by atoms with E-state index in [0.717, 1.165) is 18.4 Å². The molecule has 0 aliphatic heterocycles. The van der Waals surface area contributed by atoms with Gasteiger partial charge in [0, 0.05) is 19.0 Å². The molecule has 0 radical (unpaired) electrons. The molecular formula is C15H22ClNO2S. The van der Waals surface area contributed by atoms with Gasteiger partial charge in [-0.3, -0.25) is 0 Å². The normalized spacial score (nSPS) is 24.4. The van der Waals surface area contributed by atoms with Crippen LogP contribution in [0.15, 0.2) is 30.3 Å². The number of alkyl halides is 1. The summed E-state index contributed by atoms with van der Waals surface area (Å²) in [5.74, 6) is 0.583. The Hall–Kier alpha value is -0.580. The van der Waals surface area contributed by atoms with E-state index in [9.17, 15) is 8.42 Å². The van der Waals surface area contributed by atoms with Crippen LogP contribution in [0.1, 0.15) is 31.2 Å². The zero-order valence-electron chi connectivity index (χ0n) is 12.0. The molecule has 0 N–H and O–H groups in total. The van der Waals surface area contributed by atoms with E-state index in [2.05, 4.69) is 0 Å². The SMILES string of the molecule is CC(CS(=O)(=O)N(C)CC1CC(Cl)C1)c1ccccc1. The average Bonchev–Trinajstić information content (AvgIpc) is 2.37. The summed E-state index contributed by atoms with van der Waals surface area (Å²) in [6.07, 6.45) is 1.85. The standard InChI is InChI=1S/C15H22ClNO2S/c1-12(14-6-4-3-5-7-14)11-20(18,19)17(2)10-13-8-15(16)9-13/h3-7,12-13,15H,8-11H2,1-2H3. The summed E-state index contributed by atoms with van der Waals surface area (Å²) in [6, 6.07) is 9.78. The zero-order chi connectivity index (χ0) is 14.8. The van der Waals surface area contributed by atoms with Crippen LogP contribution in [-0.2, 0) is 10.0 Å². The van der Waals surface area contributed by atoms with Gasteiger partial charge in [-0.25, -0.2) is 12.7 Å². The van der Waals surface area contributed by atoms with E-state index in [0.29, 0.717) is 12.5 Å². The minimum atomic E-state index is -3.21. The lowest BCUT2D eigenvalue weighted by molar-refractivity contribution is 0.268. The van der Waals surface area contributed by atoms with Crippen LogP contribution in [0.25, 0.3) is 0 Å². The molecule has 20 heavy (non-hydrogen) atoms. The minimum Gasteiger partial charge on any atom is -0.212 e. The van der Waals surface area contributed by atoms with Crippen molar-refractivity contribution in [1.82, 2.24) is 4.31 Å². The fourth-order valence-corrected chi connectivity index (χ4v) is 4.62. The largest absolute Gasteiger partial charge is 0.214 e. The molecule has 2 rings (SSSR count). The van der Waals surface area contributed by atoms with E-state index in [1.807, 2.05) is 37.3 Å². The van der Waals surface area contributed by atoms with Crippen LogP contribution in [0.5, 0.6) is 0 Å². The topological polar surface area (TPSA) is 37.4 Å². The Kier molecular flexibility index (Phi) is 5.10. The van der Waals surface area contributed by atoms with Gasteiger partial charge in [-0.05, 0) is 30.2 Å². The Morgan fingerprint density at radius 3 is 2.45 bits per heavy atom. The molecule has 1 aliphatic rings. The van der Waals surface area contributed by atoms with Crippen molar-refractivity contribution in [2.24, 2.45) is 5.92 Å². The molecule has 0 amide bonds. The lowest BCUT2D eigenvalue weighted by Crippen LogP contribution is -2.39. The highest BCUT2D eigenvalue weighted by atomic mass is 35.5. The maximum absolute atomic E-state index is 12.4. The lowest BCUT2D eigenvalue weighted by atomic mass is 9.85. The number of hydrogen-bond donors (Lipinski definition) is 0. The third-order valence-corrected chi connectivity index (χ3v) is 6.37. The molecule has 1 aromatic carbocycles. The maximum atomic E-state index is 12.4. The Bertz CT molecular complexity index is 526. The Labute approximate surface area is 127 Å². The number of rotatable bonds is 6.